The fourth-order valence-corrected chi connectivity index (χ4v) is 1.77. The van der Waals surface area contributed by atoms with Gasteiger partial charge in [0.05, 0.1) is 0 Å². The minimum atomic E-state index is 0.733. The average molecular weight is 223 g/mol. The first-order chi connectivity index (χ1) is 7.67. The SMILES string of the molecule is CCc1c(C)nc(N(CC)CC)nc1NN. The zero-order chi connectivity index (χ0) is 12.1. The molecular weight excluding hydrogens is 202 g/mol. The summed E-state index contributed by atoms with van der Waals surface area (Å²) in [5.41, 5.74) is 4.73. The van der Waals surface area contributed by atoms with E-state index in [2.05, 4.69) is 41.1 Å². The molecule has 0 aliphatic rings. The topological polar surface area (TPSA) is 67.1 Å². The summed E-state index contributed by atoms with van der Waals surface area (Å²) in [4.78, 5) is 11.1. The molecule has 0 bridgehead atoms. The number of nitrogens with zero attached hydrogens (tertiary/aromatic N) is 3. The highest BCUT2D eigenvalue weighted by Crippen LogP contribution is 2.19. The third-order valence-electron chi connectivity index (χ3n) is 2.74. The van der Waals surface area contributed by atoms with Crippen LogP contribution in [0.2, 0.25) is 0 Å². The van der Waals surface area contributed by atoms with Crippen molar-refractivity contribution in [1.29, 1.82) is 0 Å². The molecule has 0 amide bonds. The summed E-state index contributed by atoms with van der Waals surface area (Å²) < 4.78 is 0. The van der Waals surface area contributed by atoms with Crippen molar-refractivity contribution in [1.82, 2.24) is 9.97 Å². The van der Waals surface area contributed by atoms with Gasteiger partial charge in [-0.15, -0.1) is 0 Å². The van der Waals surface area contributed by atoms with Gasteiger partial charge in [0.2, 0.25) is 5.95 Å². The molecule has 0 saturated heterocycles. The van der Waals surface area contributed by atoms with Gasteiger partial charge in [-0.25, -0.2) is 10.8 Å². The van der Waals surface area contributed by atoms with E-state index in [-0.39, 0.29) is 0 Å². The first-order valence-electron chi connectivity index (χ1n) is 5.76. The van der Waals surface area contributed by atoms with Crippen molar-refractivity contribution in [2.24, 2.45) is 5.84 Å². The van der Waals surface area contributed by atoms with Gasteiger partial charge >= 0.3 is 0 Å². The lowest BCUT2D eigenvalue weighted by molar-refractivity contribution is 0.810. The number of rotatable bonds is 5. The van der Waals surface area contributed by atoms with E-state index in [0.717, 1.165) is 42.5 Å². The van der Waals surface area contributed by atoms with E-state index in [9.17, 15) is 0 Å². The fourth-order valence-electron chi connectivity index (χ4n) is 1.77. The van der Waals surface area contributed by atoms with Gasteiger partial charge in [-0.3, -0.25) is 0 Å². The maximum absolute atomic E-state index is 5.49. The summed E-state index contributed by atoms with van der Waals surface area (Å²) in [5.74, 6) is 6.96. The predicted molar refractivity (Wildman–Crippen MR) is 67.5 cm³/mol. The third-order valence-corrected chi connectivity index (χ3v) is 2.74. The van der Waals surface area contributed by atoms with Crippen molar-refractivity contribution in [3.8, 4) is 0 Å². The molecule has 0 unspecified atom stereocenters. The molecule has 0 spiro atoms. The minimum Gasteiger partial charge on any atom is -0.341 e. The molecule has 1 aromatic rings. The molecule has 1 aromatic heterocycles. The van der Waals surface area contributed by atoms with Crippen LogP contribution in [0.4, 0.5) is 11.8 Å². The van der Waals surface area contributed by atoms with Crippen LogP contribution in [-0.2, 0) is 6.42 Å². The molecule has 1 rings (SSSR count). The summed E-state index contributed by atoms with van der Waals surface area (Å²) in [7, 11) is 0. The molecule has 5 nitrogen and oxygen atoms in total. The van der Waals surface area contributed by atoms with Gasteiger partial charge in [0, 0.05) is 24.3 Å². The molecule has 16 heavy (non-hydrogen) atoms. The average Bonchev–Trinajstić information content (AvgIpc) is 2.29. The van der Waals surface area contributed by atoms with Crippen molar-refractivity contribution in [3.63, 3.8) is 0 Å². The molecule has 0 saturated carbocycles. The van der Waals surface area contributed by atoms with E-state index in [1.807, 2.05) is 6.92 Å². The number of nitrogens with one attached hydrogen (secondary N) is 1. The third kappa shape index (κ3) is 2.41. The van der Waals surface area contributed by atoms with Crippen LogP contribution < -0.4 is 16.2 Å². The smallest absolute Gasteiger partial charge is 0.227 e. The maximum atomic E-state index is 5.49. The number of nitrogens with two attached hydrogens (primary N) is 1. The van der Waals surface area contributed by atoms with Crippen LogP contribution in [0.15, 0.2) is 0 Å². The molecule has 90 valence electrons. The Morgan fingerprint density at radius 2 is 1.81 bits per heavy atom. The molecular formula is C11H21N5. The summed E-state index contributed by atoms with van der Waals surface area (Å²) >= 11 is 0. The van der Waals surface area contributed by atoms with Crippen LogP contribution >= 0.6 is 0 Å². The van der Waals surface area contributed by atoms with Gasteiger partial charge in [-0.05, 0) is 27.2 Å². The Hall–Kier alpha value is -1.36. The second kappa shape index (κ2) is 5.65. The quantitative estimate of drug-likeness (QED) is 0.584. The first-order valence-corrected chi connectivity index (χ1v) is 5.76. The molecule has 0 aliphatic heterocycles. The first kappa shape index (κ1) is 12.7. The standard InChI is InChI=1S/C11H21N5/c1-5-9-8(4)13-11(14-10(9)15-12)16(6-2)7-3/h5-7,12H2,1-4H3,(H,13,14,15). The highest BCUT2D eigenvalue weighted by atomic mass is 15.3. The van der Waals surface area contributed by atoms with Crippen LogP contribution in [0.1, 0.15) is 32.0 Å². The van der Waals surface area contributed by atoms with Crippen molar-refractivity contribution in [2.75, 3.05) is 23.4 Å². The lowest BCUT2D eigenvalue weighted by Gasteiger charge is -2.20. The second-order valence-electron chi connectivity index (χ2n) is 3.61. The monoisotopic (exact) mass is 223 g/mol. The van der Waals surface area contributed by atoms with Crippen molar-refractivity contribution < 1.29 is 0 Å². The molecule has 5 heteroatoms. The molecule has 0 fully saturated rings. The minimum absolute atomic E-state index is 0.733. The highest BCUT2D eigenvalue weighted by Gasteiger charge is 2.12. The Kier molecular flexibility index (Phi) is 4.49. The van der Waals surface area contributed by atoms with Crippen LogP contribution in [0.25, 0.3) is 0 Å². The molecule has 0 aliphatic carbocycles. The number of hydrogen-bond donors (Lipinski definition) is 2. The molecule has 3 N–H and O–H groups in total. The van der Waals surface area contributed by atoms with E-state index in [0.29, 0.717) is 0 Å². The summed E-state index contributed by atoms with van der Waals surface area (Å²) in [6, 6.07) is 0. The van der Waals surface area contributed by atoms with Crippen LogP contribution in [-0.4, -0.2) is 23.1 Å². The van der Waals surface area contributed by atoms with Crippen LogP contribution in [0.5, 0.6) is 0 Å². The largest absolute Gasteiger partial charge is 0.341 e. The maximum Gasteiger partial charge on any atom is 0.227 e. The lowest BCUT2D eigenvalue weighted by atomic mass is 10.2. The highest BCUT2D eigenvalue weighted by molar-refractivity contribution is 5.50. The lowest BCUT2D eigenvalue weighted by Crippen LogP contribution is -2.26. The molecule has 1 heterocycles. The fraction of sp³-hybridized carbons (Fsp3) is 0.636. The van der Waals surface area contributed by atoms with Crippen molar-refractivity contribution in [3.05, 3.63) is 11.3 Å². The number of anilines is 2. The number of aryl methyl sites for hydroxylation is 1. The van der Waals surface area contributed by atoms with Crippen molar-refractivity contribution in [2.45, 2.75) is 34.1 Å². The van der Waals surface area contributed by atoms with Gasteiger partial charge in [0.25, 0.3) is 0 Å². The van der Waals surface area contributed by atoms with Crippen LogP contribution in [0.3, 0.4) is 0 Å². The summed E-state index contributed by atoms with van der Waals surface area (Å²) in [5, 5.41) is 0. The Balaban J connectivity index is 3.19. The predicted octanol–water partition coefficient (Wildman–Crippen LogP) is 1.48. The molecule has 0 aromatic carbocycles. The number of hydrogen-bond acceptors (Lipinski definition) is 5. The Morgan fingerprint density at radius 3 is 2.25 bits per heavy atom. The number of aromatic nitrogens is 2. The van der Waals surface area contributed by atoms with E-state index in [1.165, 1.54) is 0 Å². The van der Waals surface area contributed by atoms with E-state index < -0.39 is 0 Å². The number of hydrazine groups is 1. The summed E-state index contributed by atoms with van der Waals surface area (Å²) in [6.07, 6.45) is 0.879. The van der Waals surface area contributed by atoms with E-state index in [1.54, 1.807) is 0 Å². The normalized spacial score (nSPS) is 10.3. The number of nitrogen functional groups attached to an aromatic ring is 1. The Bertz CT molecular complexity index is 346. The second-order valence-corrected chi connectivity index (χ2v) is 3.61. The van der Waals surface area contributed by atoms with Crippen LogP contribution in [0, 0.1) is 6.92 Å². The summed E-state index contributed by atoms with van der Waals surface area (Å²) in [6.45, 7) is 10.0. The van der Waals surface area contributed by atoms with Gasteiger partial charge in [0.15, 0.2) is 0 Å². The van der Waals surface area contributed by atoms with Gasteiger partial charge in [-0.1, -0.05) is 6.92 Å². The Morgan fingerprint density at radius 1 is 1.19 bits per heavy atom. The van der Waals surface area contributed by atoms with E-state index >= 15 is 0 Å². The zero-order valence-electron chi connectivity index (χ0n) is 10.5. The van der Waals surface area contributed by atoms with Gasteiger partial charge in [0.1, 0.15) is 5.82 Å². The van der Waals surface area contributed by atoms with Gasteiger partial charge in [-0.2, -0.15) is 4.98 Å². The Labute approximate surface area is 97.0 Å². The molecule has 0 atom stereocenters. The van der Waals surface area contributed by atoms with Crippen molar-refractivity contribution >= 4 is 11.8 Å². The zero-order valence-corrected chi connectivity index (χ0v) is 10.5. The molecule has 0 radical (unpaired) electrons. The van der Waals surface area contributed by atoms with Gasteiger partial charge < -0.3 is 10.3 Å². The van der Waals surface area contributed by atoms with E-state index in [4.69, 9.17) is 5.84 Å².